The lowest BCUT2D eigenvalue weighted by Crippen LogP contribution is -2.55. The minimum absolute atomic E-state index is 0.0485. The Bertz CT molecular complexity index is 364. The van der Waals surface area contributed by atoms with Gasteiger partial charge in [0.2, 0.25) is 5.91 Å². The van der Waals surface area contributed by atoms with Gasteiger partial charge in [0.25, 0.3) is 0 Å². The fourth-order valence-corrected chi connectivity index (χ4v) is 2.96. The highest BCUT2D eigenvalue weighted by Gasteiger charge is 2.39. The summed E-state index contributed by atoms with van der Waals surface area (Å²) in [6.45, 7) is 4.37. The summed E-state index contributed by atoms with van der Waals surface area (Å²) in [6, 6.07) is 0.152. The first-order valence-electron chi connectivity index (χ1n) is 7.06. The molecule has 0 radical (unpaired) electrons. The molecule has 2 fully saturated rings. The quantitative estimate of drug-likeness (QED) is 0.846. The fraction of sp³-hybridized carbons (Fsp3) is 0.857. The van der Waals surface area contributed by atoms with Gasteiger partial charge in [0.15, 0.2) is 0 Å². The maximum Gasteiger partial charge on any atom is 0.309 e. The first-order chi connectivity index (χ1) is 8.92. The Hall–Kier alpha value is -1.10. The van der Waals surface area contributed by atoms with Crippen molar-refractivity contribution in [3.05, 3.63) is 0 Å². The lowest BCUT2D eigenvalue weighted by atomic mass is 9.86. The molecule has 2 rings (SSSR count). The minimum Gasteiger partial charge on any atom is -0.481 e. The van der Waals surface area contributed by atoms with Gasteiger partial charge in [-0.05, 0) is 26.7 Å². The molecular weight excluding hydrogens is 246 g/mol. The summed E-state index contributed by atoms with van der Waals surface area (Å²) in [7, 11) is 0. The maximum atomic E-state index is 12.4. The van der Waals surface area contributed by atoms with Crippen molar-refractivity contribution in [2.24, 2.45) is 5.41 Å². The molecule has 0 spiro atoms. The minimum atomic E-state index is -1.00. The summed E-state index contributed by atoms with van der Waals surface area (Å²) in [5.74, 6) is -0.970. The summed E-state index contributed by atoms with van der Waals surface area (Å²) < 4.78 is 5.73. The highest BCUT2D eigenvalue weighted by atomic mass is 16.5. The molecule has 1 aliphatic carbocycles. The second-order valence-corrected chi connectivity index (χ2v) is 6.21. The summed E-state index contributed by atoms with van der Waals surface area (Å²) in [5.41, 5.74) is -1.00. The van der Waals surface area contributed by atoms with Gasteiger partial charge in [-0.3, -0.25) is 9.59 Å². The van der Waals surface area contributed by atoms with Crippen LogP contribution in [0.1, 0.15) is 46.0 Å². The largest absolute Gasteiger partial charge is 0.481 e. The van der Waals surface area contributed by atoms with E-state index in [1.54, 1.807) is 13.8 Å². The van der Waals surface area contributed by atoms with Crippen LogP contribution in [-0.2, 0) is 14.3 Å². The third-order valence-corrected chi connectivity index (χ3v) is 4.22. The fourth-order valence-electron chi connectivity index (χ4n) is 2.96. The number of hydrogen-bond acceptors (Lipinski definition) is 3. The molecule has 5 heteroatoms. The third kappa shape index (κ3) is 3.08. The first kappa shape index (κ1) is 14.3. The van der Waals surface area contributed by atoms with Gasteiger partial charge in [0, 0.05) is 13.0 Å². The molecule has 1 heterocycles. The molecule has 2 unspecified atom stereocenters. The van der Waals surface area contributed by atoms with Crippen LogP contribution in [0.25, 0.3) is 0 Å². The summed E-state index contributed by atoms with van der Waals surface area (Å²) in [5, 5.41) is 9.13. The number of aliphatic carboxylic acids is 1. The lowest BCUT2D eigenvalue weighted by molar-refractivity contribution is -0.158. The van der Waals surface area contributed by atoms with Crippen LogP contribution in [0, 0.1) is 5.41 Å². The zero-order valence-corrected chi connectivity index (χ0v) is 11.7. The van der Waals surface area contributed by atoms with Crippen molar-refractivity contribution in [2.45, 2.75) is 58.1 Å². The number of ether oxygens (including phenoxy) is 1. The molecule has 19 heavy (non-hydrogen) atoms. The van der Waals surface area contributed by atoms with E-state index in [1.165, 1.54) is 0 Å². The molecule has 0 aromatic carbocycles. The number of hydrogen-bond donors (Lipinski definition) is 1. The molecular formula is C14H23NO4. The van der Waals surface area contributed by atoms with E-state index in [1.807, 2.05) is 4.90 Å². The van der Waals surface area contributed by atoms with Crippen LogP contribution in [-0.4, -0.2) is 47.2 Å². The maximum absolute atomic E-state index is 12.4. The molecule has 1 aliphatic heterocycles. The number of carbonyl (C=O) groups is 2. The molecule has 1 saturated carbocycles. The van der Waals surface area contributed by atoms with E-state index < -0.39 is 11.4 Å². The molecule has 108 valence electrons. The van der Waals surface area contributed by atoms with E-state index in [9.17, 15) is 9.59 Å². The van der Waals surface area contributed by atoms with E-state index in [0.717, 1.165) is 25.7 Å². The van der Waals surface area contributed by atoms with Crippen molar-refractivity contribution in [3.63, 3.8) is 0 Å². The summed E-state index contributed by atoms with van der Waals surface area (Å²) in [6.07, 6.45) is 4.48. The normalized spacial score (nSPS) is 27.8. The number of amides is 1. The third-order valence-electron chi connectivity index (χ3n) is 4.22. The highest BCUT2D eigenvalue weighted by molar-refractivity contribution is 5.84. The number of rotatable bonds is 3. The lowest BCUT2D eigenvalue weighted by Gasteiger charge is -2.44. The van der Waals surface area contributed by atoms with Crippen molar-refractivity contribution in [1.82, 2.24) is 4.90 Å². The van der Waals surface area contributed by atoms with Crippen LogP contribution < -0.4 is 0 Å². The van der Waals surface area contributed by atoms with Gasteiger partial charge in [-0.2, -0.15) is 0 Å². The number of carbonyl (C=O) groups excluding carboxylic acids is 1. The van der Waals surface area contributed by atoms with Crippen LogP contribution in [0.2, 0.25) is 0 Å². The van der Waals surface area contributed by atoms with Gasteiger partial charge in [0.05, 0.1) is 24.2 Å². The van der Waals surface area contributed by atoms with Gasteiger partial charge in [0.1, 0.15) is 0 Å². The van der Waals surface area contributed by atoms with E-state index in [-0.39, 0.29) is 24.5 Å². The zero-order chi connectivity index (χ0) is 14.0. The van der Waals surface area contributed by atoms with Gasteiger partial charge >= 0.3 is 5.97 Å². The Morgan fingerprint density at radius 2 is 2.00 bits per heavy atom. The highest BCUT2D eigenvalue weighted by Crippen LogP contribution is 2.30. The number of fused-ring (bicyclic) bond motifs is 1. The van der Waals surface area contributed by atoms with E-state index in [2.05, 4.69) is 0 Å². The molecule has 1 amide bonds. The molecule has 1 saturated heterocycles. The summed E-state index contributed by atoms with van der Waals surface area (Å²) >= 11 is 0. The van der Waals surface area contributed by atoms with Gasteiger partial charge < -0.3 is 14.7 Å². The van der Waals surface area contributed by atoms with Crippen molar-refractivity contribution >= 4 is 11.9 Å². The molecule has 2 aliphatic rings. The summed E-state index contributed by atoms with van der Waals surface area (Å²) in [4.78, 5) is 25.4. The average molecular weight is 269 g/mol. The van der Waals surface area contributed by atoms with E-state index >= 15 is 0 Å². The van der Waals surface area contributed by atoms with Crippen LogP contribution >= 0.6 is 0 Å². The van der Waals surface area contributed by atoms with Crippen molar-refractivity contribution in [2.75, 3.05) is 13.2 Å². The zero-order valence-electron chi connectivity index (χ0n) is 11.7. The topological polar surface area (TPSA) is 66.8 Å². The predicted octanol–water partition coefficient (Wildman–Crippen LogP) is 1.66. The van der Waals surface area contributed by atoms with Gasteiger partial charge in [-0.25, -0.2) is 0 Å². The Morgan fingerprint density at radius 1 is 1.32 bits per heavy atom. The van der Waals surface area contributed by atoms with Crippen LogP contribution in [0.4, 0.5) is 0 Å². The molecule has 2 atom stereocenters. The Kier molecular flexibility index (Phi) is 4.13. The number of morpholine rings is 1. The SMILES string of the molecule is CC(C)(CC(=O)N1CCOC2CCCCC21)C(=O)O. The average Bonchev–Trinajstić information content (AvgIpc) is 2.37. The monoisotopic (exact) mass is 269 g/mol. The number of nitrogens with zero attached hydrogens (tertiary/aromatic N) is 1. The van der Waals surface area contributed by atoms with Gasteiger partial charge in [-0.1, -0.05) is 12.8 Å². The Morgan fingerprint density at radius 3 is 2.68 bits per heavy atom. The Balaban J connectivity index is 2.03. The first-order valence-corrected chi connectivity index (χ1v) is 7.06. The van der Waals surface area contributed by atoms with E-state index in [4.69, 9.17) is 9.84 Å². The standard InChI is InChI=1S/C14H23NO4/c1-14(2,13(17)18)9-12(16)15-7-8-19-11-6-4-3-5-10(11)15/h10-11H,3-9H2,1-2H3,(H,17,18). The van der Waals surface area contributed by atoms with Crippen LogP contribution in [0.5, 0.6) is 0 Å². The molecule has 0 aromatic rings. The second kappa shape index (κ2) is 5.49. The van der Waals surface area contributed by atoms with Crippen LogP contribution in [0.15, 0.2) is 0 Å². The van der Waals surface area contributed by atoms with Crippen molar-refractivity contribution in [3.8, 4) is 0 Å². The van der Waals surface area contributed by atoms with Crippen LogP contribution in [0.3, 0.4) is 0 Å². The number of carboxylic acid groups (broad SMARTS) is 1. The Labute approximate surface area is 113 Å². The van der Waals surface area contributed by atoms with Crippen molar-refractivity contribution in [1.29, 1.82) is 0 Å². The molecule has 0 aromatic heterocycles. The smallest absolute Gasteiger partial charge is 0.309 e. The number of carboxylic acids is 1. The predicted molar refractivity (Wildman–Crippen MR) is 69.7 cm³/mol. The van der Waals surface area contributed by atoms with E-state index in [0.29, 0.717) is 13.2 Å². The molecule has 1 N–H and O–H groups in total. The molecule has 0 bridgehead atoms. The second-order valence-electron chi connectivity index (χ2n) is 6.21. The van der Waals surface area contributed by atoms with Gasteiger partial charge in [-0.15, -0.1) is 0 Å². The van der Waals surface area contributed by atoms with Crippen molar-refractivity contribution < 1.29 is 19.4 Å². The molecule has 5 nitrogen and oxygen atoms in total.